The molecular formula is C12H19N5O2. The number of nitrogens with two attached hydrogens (primary N) is 1. The van der Waals surface area contributed by atoms with E-state index in [0.29, 0.717) is 30.5 Å². The molecule has 19 heavy (non-hydrogen) atoms. The Morgan fingerprint density at radius 3 is 2.79 bits per heavy atom. The molecule has 0 aliphatic carbocycles. The largest absolute Gasteiger partial charge is 0.377 e. The van der Waals surface area contributed by atoms with E-state index in [1.54, 1.807) is 7.11 Å². The number of fused-ring (bicyclic) bond motifs is 2. The van der Waals surface area contributed by atoms with Crippen LogP contribution in [-0.4, -0.2) is 42.4 Å². The van der Waals surface area contributed by atoms with Crippen LogP contribution in [0.15, 0.2) is 6.07 Å². The molecule has 0 amide bonds. The van der Waals surface area contributed by atoms with E-state index in [-0.39, 0.29) is 0 Å². The second-order valence-corrected chi connectivity index (χ2v) is 4.97. The van der Waals surface area contributed by atoms with Gasteiger partial charge in [0.25, 0.3) is 0 Å². The molecule has 0 spiro atoms. The van der Waals surface area contributed by atoms with Crippen LogP contribution in [0.3, 0.4) is 0 Å². The van der Waals surface area contributed by atoms with Gasteiger partial charge in [-0.3, -0.25) is 0 Å². The van der Waals surface area contributed by atoms with Crippen molar-refractivity contribution in [3.8, 4) is 0 Å². The second-order valence-electron chi connectivity index (χ2n) is 4.97. The number of hydrogen-bond donors (Lipinski definition) is 2. The zero-order valence-electron chi connectivity index (χ0n) is 11.0. The van der Waals surface area contributed by atoms with Gasteiger partial charge in [-0.15, -0.1) is 0 Å². The molecule has 104 valence electrons. The number of aromatic nitrogens is 2. The minimum Gasteiger partial charge on any atom is -0.377 e. The van der Waals surface area contributed by atoms with Crippen LogP contribution < -0.4 is 16.2 Å². The standard InChI is InChI=1S/C12H19N5O2/c1-18-7-11-14-10(16-13)4-12(15-11)17-5-8-2-3-9(6-17)19-8/h4,8-9H,2-3,5-7,13H2,1H3,(H,14,15,16). The molecule has 2 fully saturated rings. The minimum atomic E-state index is 0.328. The van der Waals surface area contributed by atoms with E-state index in [2.05, 4.69) is 20.3 Å². The normalized spacial score (nSPS) is 25.7. The maximum Gasteiger partial charge on any atom is 0.158 e. The lowest BCUT2D eigenvalue weighted by Crippen LogP contribution is -2.43. The number of nitrogen functional groups attached to an aromatic ring is 1. The van der Waals surface area contributed by atoms with Gasteiger partial charge in [0.05, 0.1) is 12.2 Å². The van der Waals surface area contributed by atoms with Crippen molar-refractivity contribution in [2.24, 2.45) is 5.84 Å². The van der Waals surface area contributed by atoms with Crippen LogP contribution in [0.5, 0.6) is 0 Å². The summed E-state index contributed by atoms with van der Waals surface area (Å²) in [7, 11) is 1.63. The fourth-order valence-electron chi connectivity index (χ4n) is 2.71. The van der Waals surface area contributed by atoms with Crippen LogP contribution in [0.1, 0.15) is 18.7 Å². The van der Waals surface area contributed by atoms with Gasteiger partial charge in [0, 0.05) is 26.3 Å². The van der Waals surface area contributed by atoms with Gasteiger partial charge >= 0.3 is 0 Å². The summed E-state index contributed by atoms with van der Waals surface area (Å²) in [6.45, 7) is 2.13. The molecule has 7 nitrogen and oxygen atoms in total. The molecular weight excluding hydrogens is 246 g/mol. The molecule has 2 bridgehead atoms. The van der Waals surface area contributed by atoms with E-state index in [1.807, 2.05) is 6.07 Å². The quantitative estimate of drug-likeness (QED) is 0.597. The van der Waals surface area contributed by atoms with Gasteiger partial charge in [-0.2, -0.15) is 0 Å². The molecule has 0 radical (unpaired) electrons. The lowest BCUT2D eigenvalue weighted by molar-refractivity contribution is 0.0302. The Balaban J connectivity index is 1.84. The van der Waals surface area contributed by atoms with E-state index in [0.717, 1.165) is 31.7 Å². The summed E-state index contributed by atoms with van der Waals surface area (Å²) in [5.41, 5.74) is 2.58. The highest BCUT2D eigenvalue weighted by Gasteiger charge is 2.34. The van der Waals surface area contributed by atoms with E-state index in [4.69, 9.17) is 15.3 Å². The van der Waals surface area contributed by atoms with Crippen LogP contribution in [0.4, 0.5) is 11.6 Å². The van der Waals surface area contributed by atoms with Crippen molar-refractivity contribution in [3.05, 3.63) is 11.9 Å². The highest BCUT2D eigenvalue weighted by Crippen LogP contribution is 2.29. The van der Waals surface area contributed by atoms with E-state index >= 15 is 0 Å². The zero-order chi connectivity index (χ0) is 13.2. The molecule has 0 saturated carbocycles. The second kappa shape index (κ2) is 5.28. The van der Waals surface area contributed by atoms with Crippen molar-refractivity contribution in [2.75, 3.05) is 30.5 Å². The van der Waals surface area contributed by atoms with Gasteiger partial charge in [-0.05, 0) is 12.8 Å². The first kappa shape index (κ1) is 12.6. The Kier molecular flexibility index (Phi) is 3.50. The first-order valence-corrected chi connectivity index (χ1v) is 6.52. The molecule has 0 aromatic carbocycles. The zero-order valence-corrected chi connectivity index (χ0v) is 11.0. The van der Waals surface area contributed by atoms with Crippen LogP contribution >= 0.6 is 0 Å². The highest BCUT2D eigenvalue weighted by atomic mass is 16.5. The van der Waals surface area contributed by atoms with Crippen LogP contribution in [0.2, 0.25) is 0 Å². The molecule has 3 N–H and O–H groups in total. The van der Waals surface area contributed by atoms with Gasteiger partial charge in [0.2, 0.25) is 0 Å². The Hall–Kier alpha value is -1.44. The van der Waals surface area contributed by atoms with Crippen LogP contribution in [-0.2, 0) is 16.1 Å². The van der Waals surface area contributed by atoms with Crippen molar-refractivity contribution >= 4 is 11.6 Å². The summed E-state index contributed by atoms with van der Waals surface area (Å²) in [5.74, 6) is 7.58. The topological polar surface area (TPSA) is 85.5 Å². The molecule has 2 saturated heterocycles. The molecule has 2 aliphatic rings. The predicted molar refractivity (Wildman–Crippen MR) is 70.7 cm³/mol. The summed E-state index contributed by atoms with van der Waals surface area (Å²) in [6, 6.07) is 1.86. The Morgan fingerprint density at radius 1 is 1.42 bits per heavy atom. The van der Waals surface area contributed by atoms with Crippen molar-refractivity contribution in [1.29, 1.82) is 0 Å². The molecule has 3 rings (SSSR count). The molecule has 3 heterocycles. The van der Waals surface area contributed by atoms with E-state index in [1.165, 1.54) is 0 Å². The maximum atomic E-state index is 5.83. The third kappa shape index (κ3) is 2.63. The maximum absolute atomic E-state index is 5.83. The lowest BCUT2D eigenvalue weighted by Gasteiger charge is -2.33. The Labute approximate surface area is 112 Å². The number of ether oxygens (including phenoxy) is 2. The number of hydrogen-bond acceptors (Lipinski definition) is 7. The van der Waals surface area contributed by atoms with Gasteiger partial charge in [-0.1, -0.05) is 0 Å². The fourth-order valence-corrected chi connectivity index (χ4v) is 2.71. The number of nitrogens with zero attached hydrogens (tertiary/aromatic N) is 3. The average Bonchev–Trinajstić information content (AvgIpc) is 2.77. The lowest BCUT2D eigenvalue weighted by atomic mass is 10.2. The fraction of sp³-hybridized carbons (Fsp3) is 0.667. The summed E-state index contributed by atoms with van der Waals surface area (Å²) in [5, 5.41) is 0. The Morgan fingerprint density at radius 2 is 2.16 bits per heavy atom. The highest BCUT2D eigenvalue weighted by molar-refractivity contribution is 5.49. The molecule has 1 aromatic rings. The molecule has 2 atom stereocenters. The molecule has 2 unspecified atom stereocenters. The summed E-state index contributed by atoms with van der Waals surface area (Å²) in [6.07, 6.45) is 2.93. The van der Waals surface area contributed by atoms with Gasteiger partial charge in [0.1, 0.15) is 18.2 Å². The summed E-state index contributed by atoms with van der Waals surface area (Å²) in [4.78, 5) is 11.0. The molecule has 1 aromatic heterocycles. The molecule has 7 heteroatoms. The minimum absolute atomic E-state index is 0.328. The first-order chi connectivity index (χ1) is 9.28. The average molecular weight is 265 g/mol. The number of anilines is 2. The third-order valence-electron chi connectivity index (χ3n) is 3.55. The monoisotopic (exact) mass is 265 g/mol. The number of hydrazine groups is 1. The van der Waals surface area contributed by atoms with Gasteiger partial charge in [-0.25, -0.2) is 15.8 Å². The van der Waals surface area contributed by atoms with E-state index in [9.17, 15) is 0 Å². The van der Waals surface area contributed by atoms with Crippen molar-refractivity contribution in [1.82, 2.24) is 9.97 Å². The number of morpholine rings is 1. The van der Waals surface area contributed by atoms with Crippen LogP contribution in [0, 0.1) is 0 Å². The van der Waals surface area contributed by atoms with Crippen molar-refractivity contribution in [2.45, 2.75) is 31.7 Å². The molecule has 2 aliphatic heterocycles. The number of methoxy groups -OCH3 is 1. The number of nitrogens with one attached hydrogen (secondary N) is 1. The SMILES string of the molecule is COCc1nc(NN)cc(N2CC3CCC(C2)O3)n1. The van der Waals surface area contributed by atoms with Crippen molar-refractivity contribution < 1.29 is 9.47 Å². The Bertz CT molecular complexity index is 444. The third-order valence-corrected chi connectivity index (χ3v) is 3.55. The van der Waals surface area contributed by atoms with Gasteiger partial charge < -0.3 is 19.8 Å². The predicted octanol–water partition coefficient (Wildman–Crippen LogP) is 0.276. The summed E-state index contributed by atoms with van der Waals surface area (Å²) >= 11 is 0. The van der Waals surface area contributed by atoms with E-state index < -0.39 is 0 Å². The first-order valence-electron chi connectivity index (χ1n) is 6.52. The van der Waals surface area contributed by atoms with Gasteiger partial charge in [0.15, 0.2) is 5.82 Å². The smallest absolute Gasteiger partial charge is 0.158 e. The summed E-state index contributed by atoms with van der Waals surface area (Å²) < 4.78 is 10.9. The number of rotatable bonds is 4. The van der Waals surface area contributed by atoms with Crippen LogP contribution in [0.25, 0.3) is 0 Å². The van der Waals surface area contributed by atoms with Crippen molar-refractivity contribution in [3.63, 3.8) is 0 Å².